The van der Waals surface area contributed by atoms with Crippen molar-refractivity contribution in [2.75, 3.05) is 13.7 Å². The number of aromatic nitrogens is 2. The van der Waals surface area contributed by atoms with Crippen LogP contribution in [0.4, 0.5) is 0 Å². The zero-order chi connectivity index (χ0) is 17.8. The van der Waals surface area contributed by atoms with Gasteiger partial charge in [0, 0.05) is 23.7 Å². The summed E-state index contributed by atoms with van der Waals surface area (Å²) in [5.74, 6) is 0.459. The summed E-state index contributed by atoms with van der Waals surface area (Å²) in [6.07, 6.45) is 3.41. The molecule has 0 spiro atoms. The lowest BCUT2D eigenvalue weighted by molar-refractivity contribution is 0.0521. The highest BCUT2D eigenvalue weighted by Gasteiger charge is 2.19. The zero-order valence-corrected chi connectivity index (χ0v) is 14.5. The molecule has 5 heteroatoms. The first kappa shape index (κ1) is 16.8. The number of esters is 1. The lowest BCUT2D eigenvalue weighted by Gasteiger charge is -2.06. The molecule has 0 atom stereocenters. The number of rotatable bonds is 5. The maximum Gasteiger partial charge on any atom is 0.355 e. The predicted molar refractivity (Wildman–Crippen MR) is 96.7 cm³/mol. The van der Waals surface area contributed by atoms with E-state index in [9.17, 15) is 4.79 Å². The highest BCUT2D eigenvalue weighted by atomic mass is 16.5. The number of carbonyl (C=O) groups is 1. The smallest absolute Gasteiger partial charge is 0.355 e. The fourth-order valence-electron chi connectivity index (χ4n) is 2.78. The van der Waals surface area contributed by atoms with E-state index >= 15 is 0 Å². The van der Waals surface area contributed by atoms with Crippen molar-refractivity contribution in [3.8, 4) is 28.1 Å². The van der Waals surface area contributed by atoms with Crippen LogP contribution in [0.15, 0.2) is 48.8 Å². The molecule has 0 amide bonds. The summed E-state index contributed by atoms with van der Waals surface area (Å²) in [6, 6.07) is 11.6. The van der Waals surface area contributed by atoms with Gasteiger partial charge in [0.2, 0.25) is 0 Å². The Labute approximate surface area is 146 Å². The van der Waals surface area contributed by atoms with Crippen LogP contribution in [0, 0.1) is 6.92 Å². The van der Waals surface area contributed by atoms with Crippen molar-refractivity contribution in [1.82, 2.24) is 9.97 Å². The van der Waals surface area contributed by atoms with Crippen molar-refractivity contribution in [3.63, 3.8) is 0 Å². The van der Waals surface area contributed by atoms with Gasteiger partial charge in [-0.2, -0.15) is 0 Å². The number of carbonyl (C=O) groups excluding carboxylic acids is 1. The summed E-state index contributed by atoms with van der Waals surface area (Å²) in [5.41, 5.74) is 4.99. The molecular weight excluding hydrogens is 316 g/mol. The van der Waals surface area contributed by atoms with E-state index in [1.807, 2.05) is 43.3 Å². The van der Waals surface area contributed by atoms with Crippen LogP contribution in [0.1, 0.15) is 23.0 Å². The van der Waals surface area contributed by atoms with Gasteiger partial charge in [0.25, 0.3) is 0 Å². The molecule has 5 nitrogen and oxygen atoms in total. The summed E-state index contributed by atoms with van der Waals surface area (Å²) in [7, 11) is 1.65. The van der Waals surface area contributed by atoms with Crippen LogP contribution in [0.25, 0.3) is 22.4 Å². The molecular formula is C20H20N2O3. The second-order valence-electron chi connectivity index (χ2n) is 5.61. The number of hydrogen-bond donors (Lipinski definition) is 1. The van der Waals surface area contributed by atoms with Crippen molar-refractivity contribution >= 4 is 5.97 Å². The number of aromatic amines is 1. The third kappa shape index (κ3) is 3.40. The van der Waals surface area contributed by atoms with Crippen molar-refractivity contribution in [2.24, 2.45) is 0 Å². The molecule has 0 radical (unpaired) electrons. The Morgan fingerprint density at radius 3 is 2.52 bits per heavy atom. The first-order chi connectivity index (χ1) is 12.1. The van der Waals surface area contributed by atoms with Crippen LogP contribution in [-0.2, 0) is 4.74 Å². The van der Waals surface area contributed by atoms with E-state index in [4.69, 9.17) is 9.47 Å². The van der Waals surface area contributed by atoms with Gasteiger partial charge >= 0.3 is 5.97 Å². The first-order valence-corrected chi connectivity index (χ1v) is 8.09. The molecule has 3 rings (SSSR count). The van der Waals surface area contributed by atoms with E-state index < -0.39 is 0 Å². The number of H-pyrrole nitrogens is 1. The quantitative estimate of drug-likeness (QED) is 0.708. The minimum absolute atomic E-state index is 0.324. The maximum absolute atomic E-state index is 12.4. The van der Waals surface area contributed by atoms with Gasteiger partial charge in [-0.25, -0.2) is 4.79 Å². The minimum atomic E-state index is -0.370. The summed E-state index contributed by atoms with van der Waals surface area (Å²) in [6.45, 7) is 4.10. The van der Waals surface area contributed by atoms with Crippen LogP contribution in [0.2, 0.25) is 0 Å². The van der Waals surface area contributed by atoms with Gasteiger partial charge in [-0.05, 0) is 66.9 Å². The van der Waals surface area contributed by atoms with E-state index in [-0.39, 0.29) is 5.97 Å². The Bertz CT molecular complexity index is 885. The van der Waals surface area contributed by atoms with Crippen LogP contribution >= 0.6 is 0 Å². The van der Waals surface area contributed by atoms with Gasteiger partial charge in [0.05, 0.1) is 13.7 Å². The molecule has 0 unspecified atom stereocenters. The Kier molecular flexibility index (Phi) is 4.84. The Morgan fingerprint density at radius 1 is 1.12 bits per heavy atom. The molecule has 0 saturated carbocycles. The molecule has 3 aromatic rings. The molecule has 0 aliphatic carbocycles. The van der Waals surface area contributed by atoms with Crippen molar-refractivity contribution in [2.45, 2.75) is 13.8 Å². The van der Waals surface area contributed by atoms with Crippen LogP contribution in [0.5, 0.6) is 5.75 Å². The number of nitrogens with one attached hydrogen (secondary N) is 1. The van der Waals surface area contributed by atoms with Gasteiger partial charge in [-0.3, -0.25) is 4.98 Å². The van der Waals surface area contributed by atoms with Crippen LogP contribution in [-0.4, -0.2) is 29.7 Å². The standard InChI is InChI=1S/C20H20N2O3/c1-4-25-20(23)19-16(14-7-9-21-10-8-14)12-17(22-19)15-5-6-18(24-3)13(2)11-15/h5-12,22H,4H2,1-3H3. The van der Waals surface area contributed by atoms with Gasteiger partial charge in [-0.1, -0.05) is 0 Å². The third-order valence-electron chi connectivity index (χ3n) is 3.99. The topological polar surface area (TPSA) is 64.2 Å². The number of methoxy groups -OCH3 is 1. The molecule has 0 aliphatic rings. The summed E-state index contributed by atoms with van der Waals surface area (Å²) in [5, 5.41) is 0. The molecule has 0 aliphatic heterocycles. The van der Waals surface area contributed by atoms with E-state index in [1.165, 1.54) is 0 Å². The van der Waals surface area contributed by atoms with Crippen molar-refractivity contribution in [1.29, 1.82) is 0 Å². The van der Waals surface area contributed by atoms with E-state index in [1.54, 1.807) is 26.4 Å². The van der Waals surface area contributed by atoms with Gasteiger partial charge in [0.1, 0.15) is 11.4 Å². The Hall–Kier alpha value is -3.08. The minimum Gasteiger partial charge on any atom is -0.496 e. The van der Waals surface area contributed by atoms with E-state index in [0.29, 0.717) is 12.3 Å². The highest BCUT2D eigenvalue weighted by molar-refractivity contribution is 5.97. The van der Waals surface area contributed by atoms with Gasteiger partial charge < -0.3 is 14.5 Å². The number of benzene rings is 1. The number of nitrogens with zero attached hydrogens (tertiary/aromatic N) is 1. The lowest BCUT2D eigenvalue weighted by Crippen LogP contribution is -2.06. The molecule has 2 heterocycles. The second-order valence-corrected chi connectivity index (χ2v) is 5.61. The molecule has 128 valence electrons. The molecule has 1 aromatic carbocycles. The Morgan fingerprint density at radius 2 is 1.88 bits per heavy atom. The SMILES string of the molecule is CCOC(=O)c1[nH]c(-c2ccc(OC)c(C)c2)cc1-c1ccncc1. The van der Waals surface area contributed by atoms with Gasteiger partial charge in [-0.15, -0.1) is 0 Å². The highest BCUT2D eigenvalue weighted by Crippen LogP contribution is 2.32. The van der Waals surface area contributed by atoms with Gasteiger partial charge in [0.15, 0.2) is 0 Å². The average Bonchev–Trinajstić information content (AvgIpc) is 3.08. The van der Waals surface area contributed by atoms with Crippen molar-refractivity contribution in [3.05, 3.63) is 60.0 Å². The number of ether oxygens (including phenoxy) is 2. The lowest BCUT2D eigenvalue weighted by atomic mass is 10.0. The Balaban J connectivity index is 2.10. The molecule has 0 saturated heterocycles. The second kappa shape index (κ2) is 7.21. The third-order valence-corrected chi connectivity index (χ3v) is 3.99. The normalized spacial score (nSPS) is 10.5. The number of aryl methyl sites for hydroxylation is 1. The monoisotopic (exact) mass is 336 g/mol. The first-order valence-electron chi connectivity index (χ1n) is 8.09. The van der Waals surface area contributed by atoms with Crippen LogP contribution < -0.4 is 4.74 Å². The summed E-state index contributed by atoms with van der Waals surface area (Å²) >= 11 is 0. The molecule has 25 heavy (non-hydrogen) atoms. The van der Waals surface area contributed by atoms with E-state index in [2.05, 4.69) is 9.97 Å². The maximum atomic E-state index is 12.4. The molecule has 0 bridgehead atoms. The molecule has 1 N–H and O–H groups in total. The summed E-state index contributed by atoms with van der Waals surface area (Å²) in [4.78, 5) is 19.6. The average molecular weight is 336 g/mol. The van der Waals surface area contributed by atoms with Crippen LogP contribution in [0.3, 0.4) is 0 Å². The fourth-order valence-corrected chi connectivity index (χ4v) is 2.78. The number of hydrogen-bond acceptors (Lipinski definition) is 4. The van der Waals surface area contributed by atoms with Crippen molar-refractivity contribution < 1.29 is 14.3 Å². The number of pyridine rings is 1. The predicted octanol–water partition coefficient (Wildman–Crippen LogP) is 4.24. The molecule has 2 aromatic heterocycles. The molecule has 0 fully saturated rings. The zero-order valence-electron chi connectivity index (χ0n) is 14.5. The van der Waals surface area contributed by atoms with E-state index in [0.717, 1.165) is 33.7 Å². The summed E-state index contributed by atoms with van der Waals surface area (Å²) < 4.78 is 10.5. The fraction of sp³-hybridized carbons (Fsp3) is 0.200. The largest absolute Gasteiger partial charge is 0.496 e.